The number of nitrogens with zero attached hydrogens (tertiary/aromatic N) is 2. The molecular weight excluding hydrogens is 282 g/mol. The highest BCUT2D eigenvalue weighted by Crippen LogP contribution is 2.04. The third kappa shape index (κ3) is 4.31. The first-order valence-electron chi connectivity index (χ1n) is 7.44. The zero-order valence-corrected chi connectivity index (χ0v) is 12.7. The quantitative estimate of drug-likeness (QED) is 0.884. The average Bonchev–Trinajstić information content (AvgIpc) is 2.79. The van der Waals surface area contributed by atoms with Crippen LogP contribution in [0.5, 0.6) is 0 Å². The minimum absolute atomic E-state index is 0.0200. The van der Waals surface area contributed by atoms with Gasteiger partial charge >= 0.3 is 0 Å². The van der Waals surface area contributed by atoms with Gasteiger partial charge in [-0.3, -0.25) is 14.4 Å². The molecule has 0 atom stereocenters. The molecule has 1 fully saturated rings. The summed E-state index contributed by atoms with van der Waals surface area (Å²) in [5.74, 6) is -0.338. The predicted molar refractivity (Wildman–Crippen MR) is 82.2 cm³/mol. The summed E-state index contributed by atoms with van der Waals surface area (Å²) in [5.41, 5.74) is 0.536. The third-order valence-corrected chi connectivity index (χ3v) is 3.73. The zero-order valence-electron chi connectivity index (χ0n) is 12.7. The van der Waals surface area contributed by atoms with Crippen molar-refractivity contribution in [1.29, 1.82) is 0 Å². The van der Waals surface area contributed by atoms with E-state index in [0.717, 1.165) is 6.42 Å². The van der Waals surface area contributed by atoms with Crippen LogP contribution in [0.25, 0.3) is 0 Å². The Morgan fingerprint density at radius 3 is 2.32 bits per heavy atom. The van der Waals surface area contributed by atoms with Crippen molar-refractivity contribution in [2.75, 3.05) is 32.7 Å². The highest BCUT2D eigenvalue weighted by atomic mass is 16.2. The maximum Gasteiger partial charge on any atom is 0.251 e. The first-order valence-corrected chi connectivity index (χ1v) is 7.44. The van der Waals surface area contributed by atoms with Crippen LogP contribution in [0, 0.1) is 0 Å². The second kappa shape index (κ2) is 7.59. The van der Waals surface area contributed by atoms with Crippen LogP contribution in [-0.2, 0) is 9.59 Å². The molecule has 6 nitrogen and oxygen atoms in total. The number of rotatable bonds is 3. The van der Waals surface area contributed by atoms with E-state index in [1.54, 1.807) is 34.1 Å². The van der Waals surface area contributed by atoms with Gasteiger partial charge in [0.25, 0.3) is 5.91 Å². The molecule has 0 radical (unpaired) electrons. The van der Waals surface area contributed by atoms with Crippen LogP contribution in [0.2, 0.25) is 0 Å². The predicted octanol–water partition coefficient (Wildman–Crippen LogP) is 0.497. The van der Waals surface area contributed by atoms with Gasteiger partial charge in [-0.2, -0.15) is 0 Å². The molecule has 1 heterocycles. The fourth-order valence-corrected chi connectivity index (χ4v) is 2.44. The van der Waals surface area contributed by atoms with Gasteiger partial charge in [0, 0.05) is 38.7 Å². The van der Waals surface area contributed by atoms with E-state index in [1.165, 1.54) is 6.92 Å². The van der Waals surface area contributed by atoms with E-state index in [0.29, 0.717) is 31.7 Å². The molecule has 1 aliphatic rings. The van der Waals surface area contributed by atoms with E-state index >= 15 is 0 Å². The van der Waals surface area contributed by atoms with E-state index in [2.05, 4.69) is 5.32 Å². The minimum Gasteiger partial charge on any atom is -0.343 e. The van der Waals surface area contributed by atoms with Crippen LogP contribution < -0.4 is 5.32 Å². The summed E-state index contributed by atoms with van der Waals surface area (Å²) in [6.45, 7) is 3.87. The van der Waals surface area contributed by atoms with E-state index in [1.807, 2.05) is 6.07 Å². The number of nitrogens with one attached hydrogen (secondary N) is 1. The molecule has 0 aromatic heterocycles. The van der Waals surface area contributed by atoms with Gasteiger partial charge in [-0.05, 0) is 18.6 Å². The van der Waals surface area contributed by atoms with Crippen LogP contribution in [0.3, 0.4) is 0 Å². The molecule has 1 saturated heterocycles. The molecule has 2 rings (SSSR count). The highest BCUT2D eigenvalue weighted by Gasteiger charge is 2.20. The van der Waals surface area contributed by atoms with Crippen LogP contribution >= 0.6 is 0 Å². The van der Waals surface area contributed by atoms with Crippen molar-refractivity contribution >= 4 is 17.7 Å². The Morgan fingerprint density at radius 1 is 1.00 bits per heavy atom. The number of carbonyl (C=O) groups is 3. The molecule has 0 bridgehead atoms. The minimum atomic E-state index is -0.255. The molecule has 0 spiro atoms. The van der Waals surface area contributed by atoms with Crippen molar-refractivity contribution in [3.8, 4) is 0 Å². The van der Waals surface area contributed by atoms with Crippen LogP contribution in [0.1, 0.15) is 23.7 Å². The van der Waals surface area contributed by atoms with Gasteiger partial charge in [-0.15, -0.1) is 0 Å². The Morgan fingerprint density at radius 2 is 1.64 bits per heavy atom. The van der Waals surface area contributed by atoms with E-state index in [4.69, 9.17) is 0 Å². The monoisotopic (exact) mass is 303 g/mol. The second-order valence-electron chi connectivity index (χ2n) is 5.29. The Hall–Kier alpha value is -2.37. The second-order valence-corrected chi connectivity index (χ2v) is 5.29. The molecular formula is C16H21N3O3. The molecule has 1 N–H and O–H groups in total. The molecule has 1 aromatic rings. The van der Waals surface area contributed by atoms with Crippen molar-refractivity contribution in [2.45, 2.75) is 13.3 Å². The van der Waals surface area contributed by atoms with E-state index < -0.39 is 0 Å². The number of hydrogen-bond donors (Lipinski definition) is 1. The van der Waals surface area contributed by atoms with Gasteiger partial charge in [0.05, 0.1) is 6.54 Å². The van der Waals surface area contributed by atoms with E-state index in [-0.39, 0.29) is 24.3 Å². The van der Waals surface area contributed by atoms with Crippen LogP contribution in [0.4, 0.5) is 0 Å². The van der Waals surface area contributed by atoms with Gasteiger partial charge in [-0.1, -0.05) is 18.2 Å². The topological polar surface area (TPSA) is 69.7 Å². The smallest absolute Gasteiger partial charge is 0.251 e. The van der Waals surface area contributed by atoms with Crippen molar-refractivity contribution in [3.63, 3.8) is 0 Å². The first kappa shape index (κ1) is 16.0. The first-order chi connectivity index (χ1) is 10.6. The normalized spacial score (nSPS) is 15.1. The van der Waals surface area contributed by atoms with Gasteiger partial charge < -0.3 is 15.1 Å². The van der Waals surface area contributed by atoms with E-state index in [9.17, 15) is 14.4 Å². The maximum atomic E-state index is 12.2. The highest BCUT2D eigenvalue weighted by molar-refractivity contribution is 5.96. The van der Waals surface area contributed by atoms with Crippen LogP contribution in [0.15, 0.2) is 30.3 Å². The zero-order chi connectivity index (χ0) is 15.9. The Bertz CT molecular complexity index is 545. The largest absolute Gasteiger partial charge is 0.343 e. The summed E-state index contributed by atoms with van der Waals surface area (Å²) in [6, 6.07) is 8.80. The molecule has 3 amide bonds. The van der Waals surface area contributed by atoms with Gasteiger partial charge in [0.1, 0.15) is 0 Å². The van der Waals surface area contributed by atoms with Gasteiger partial charge in [0.15, 0.2) is 0 Å². The van der Waals surface area contributed by atoms with Crippen molar-refractivity contribution in [3.05, 3.63) is 35.9 Å². The Kier molecular flexibility index (Phi) is 5.52. The average molecular weight is 303 g/mol. The molecule has 1 aliphatic heterocycles. The molecule has 6 heteroatoms. The van der Waals surface area contributed by atoms with Crippen molar-refractivity contribution < 1.29 is 14.4 Å². The summed E-state index contributed by atoms with van der Waals surface area (Å²) in [7, 11) is 0. The summed E-state index contributed by atoms with van der Waals surface area (Å²) >= 11 is 0. The summed E-state index contributed by atoms with van der Waals surface area (Å²) in [6.07, 6.45) is 0.762. The van der Waals surface area contributed by atoms with Gasteiger partial charge in [-0.25, -0.2) is 0 Å². The SMILES string of the molecule is CC(=O)N1CCCN(C(=O)CNC(=O)c2ccccc2)CC1. The number of carbonyl (C=O) groups excluding carboxylic acids is 3. The number of amides is 3. The molecule has 1 aromatic carbocycles. The lowest BCUT2D eigenvalue weighted by molar-refractivity contribution is -0.131. The fraction of sp³-hybridized carbons (Fsp3) is 0.438. The lowest BCUT2D eigenvalue weighted by Gasteiger charge is -2.21. The van der Waals surface area contributed by atoms with Crippen LogP contribution in [-0.4, -0.2) is 60.2 Å². The molecule has 0 aliphatic carbocycles. The molecule has 118 valence electrons. The fourth-order valence-electron chi connectivity index (χ4n) is 2.44. The Labute approximate surface area is 130 Å². The summed E-state index contributed by atoms with van der Waals surface area (Å²) in [5, 5.41) is 2.64. The third-order valence-electron chi connectivity index (χ3n) is 3.73. The summed E-state index contributed by atoms with van der Waals surface area (Å²) < 4.78 is 0. The summed E-state index contributed by atoms with van der Waals surface area (Å²) in [4.78, 5) is 38.9. The van der Waals surface area contributed by atoms with Gasteiger partial charge in [0.2, 0.25) is 11.8 Å². The molecule has 0 unspecified atom stereocenters. The lowest BCUT2D eigenvalue weighted by atomic mass is 10.2. The standard InChI is InChI=1S/C16H21N3O3/c1-13(20)18-8-5-9-19(11-10-18)15(21)12-17-16(22)14-6-3-2-4-7-14/h2-4,6-7H,5,8-12H2,1H3,(H,17,22). The molecule has 0 saturated carbocycles. The Balaban J connectivity index is 1.82. The maximum absolute atomic E-state index is 12.2. The lowest BCUT2D eigenvalue weighted by Crippen LogP contribution is -2.42. The number of hydrogen-bond acceptors (Lipinski definition) is 3. The number of benzene rings is 1. The van der Waals surface area contributed by atoms with Crippen molar-refractivity contribution in [2.24, 2.45) is 0 Å². The van der Waals surface area contributed by atoms with Crippen molar-refractivity contribution in [1.82, 2.24) is 15.1 Å². The molecule has 22 heavy (non-hydrogen) atoms.